The van der Waals surface area contributed by atoms with E-state index >= 15 is 0 Å². The van der Waals surface area contributed by atoms with Crippen molar-refractivity contribution in [2.45, 2.75) is 38.6 Å². The molecule has 4 nitrogen and oxygen atoms in total. The van der Waals surface area contributed by atoms with Crippen molar-refractivity contribution in [2.24, 2.45) is 5.92 Å². The summed E-state index contributed by atoms with van der Waals surface area (Å²) in [6, 6.07) is 7.40. The normalized spacial score (nSPS) is 25.4. The molecular formula is C19H30N2O2. The van der Waals surface area contributed by atoms with E-state index in [0.29, 0.717) is 6.04 Å². The minimum atomic E-state index is 0.599. The fourth-order valence-electron chi connectivity index (χ4n) is 3.71. The zero-order valence-corrected chi connectivity index (χ0v) is 14.5. The van der Waals surface area contributed by atoms with E-state index in [1.54, 1.807) is 0 Å². The fourth-order valence-corrected chi connectivity index (χ4v) is 3.71. The Bertz CT molecular complexity index is 492. The van der Waals surface area contributed by atoms with Crippen LogP contribution in [0.25, 0.3) is 0 Å². The molecule has 1 saturated heterocycles. The van der Waals surface area contributed by atoms with Crippen LogP contribution in [-0.2, 0) is 9.47 Å². The highest BCUT2D eigenvalue weighted by molar-refractivity contribution is 5.62. The third-order valence-electron chi connectivity index (χ3n) is 5.21. The maximum atomic E-state index is 5.46. The molecule has 0 bridgehead atoms. The molecule has 0 amide bonds. The Hall–Kier alpha value is -1.26. The van der Waals surface area contributed by atoms with Gasteiger partial charge in [0.1, 0.15) is 0 Å². The third-order valence-corrected chi connectivity index (χ3v) is 5.21. The van der Waals surface area contributed by atoms with E-state index in [1.165, 1.54) is 42.6 Å². The molecule has 1 aromatic carbocycles. The number of nitrogens with one attached hydrogen (secondary N) is 1. The number of hydrogen-bond acceptors (Lipinski definition) is 4. The lowest BCUT2D eigenvalue weighted by Crippen LogP contribution is -2.36. The summed E-state index contributed by atoms with van der Waals surface area (Å²) in [5.74, 6) is 0.749. The number of ether oxygens (including phenoxy) is 2. The molecule has 1 heterocycles. The van der Waals surface area contributed by atoms with Gasteiger partial charge in [0.2, 0.25) is 0 Å². The van der Waals surface area contributed by atoms with E-state index in [-0.39, 0.29) is 0 Å². The Kier molecular flexibility index (Phi) is 5.79. The van der Waals surface area contributed by atoms with Crippen LogP contribution in [0.3, 0.4) is 0 Å². The average molecular weight is 318 g/mol. The molecular weight excluding hydrogens is 288 g/mol. The summed E-state index contributed by atoms with van der Waals surface area (Å²) in [4.78, 5) is 2.42. The first-order chi connectivity index (χ1) is 11.3. The summed E-state index contributed by atoms with van der Waals surface area (Å²) in [7, 11) is 1.81. The van der Waals surface area contributed by atoms with Gasteiger partial charge in [-0.25, -0.2) is 0 Å². The second-order valence-corrected chi connectivity index (χ2v) is 6.92. The number of morpholine rings is 1. The smallest absolute Gasteiger partial charge is 0.0642 e. The van der Waals surface area contributed by atoms with Crippen molar-refractivity contribution in [2.75, 3.05) is 50.2 Å². The first-order valence-corrected chi connectivity index (χ1v) is 8.95. The molecule has 1 aliphatic heterocycles. The summed E-state index contributed by atoms with van der Waals surface area (Å²) in [6.45, 7) is 6.76. The van der Waals surface area contributed by atoms with Crippen LogP contribution in [0.15, 0.2) is 18.2 Å². The van der Waals surface area contributed by atoms with Crippen LogP contribution in [0.5, 0.6) is 0 Å². The van der Waals surface area contributed by atoms with Gasteiger partial charge < -0.3 is 19.7 Å². The minimum Gasteiger partial charge on any atom is -0.384 e. The molecule has 1 saturated carbocycles. The van der Waals surface area contributed by atoms with Crippen LogP contribution < -0.4 is 10.2 Å². The summed E-state index contributed by atoms with van der Waals surface area (Å²) in [5.41, 5.74) is 3.94. The van der Waals surface area contributed by atoms with E-state index in [0.717, 1.165) is 38.8 Å². The van der Waals surface area contributed by atoms with Gasteiger partial charge in [-0.15, -0.1) is 0 Å². The molecule has 1 aliphatic carbocycles. The van der Waals surface area contributed by atoms with Crippen molar-refractivity contribution in [3.8, 4) is 0 Å². The minimum absolute atomic E-state index is 0.599. The number of benzene rings is 1. The highest BCUT2D eigenvalue weighted by Gasteiger charge is 2.21. The number of anilines is 2. The molecule has 2 fully saturated rings. The van der Waals surface area contributed by atoms with Gasteiger partial charge >= 0.3 is 0 Å². The largest absolute Gasteiger partial charge is 0.384 e. The van der Waals surface area contributed by atoms with Crippen molar-refractivity contribution in [3.63, 3.8) is 0 Å². The molecule has 23 heavy (non-hydrogen) atoms. The molecule has 0 radical (unpaired) electrons. The van der Waals surface area contributed by atoms with Gasteiger partial charge in [0, 0.05) is 44.2 Å². The Balaban J connectivity index is 1.61. The second kappa shape index (κ2) is 8.02. The van der Waals surface area contributed by atoms with Gasteiger partial charge in [0.15, 0.2) is 0 Å². The van der Waals surface area contributed by atoms with E-state index in [4.69, 9.17) is 9.47 Å². The standard InChI is InChI=1S/C19H30N2O2/c1-15-3-8-18(21-9-11-23-12-10-21)13-19(15)20-17-6-4-16(5-7-17)14-22-2/h3,8,13,16-17,20H,4-7,9-12,14H2,1-2H3. The fraction of sp³-hybridized carbons (Fsp3) is 0.684. The lowest BCUT2D eigenvalue weighted by Gasteiger charge is -2.32. The van der Waals surface area contributed by atoms with Crippen LogP contribution in [0.2, 0.25) is 0 Å². The van der Waals surface area contributed by atoms with E-state index in [9.17, 15) is 0 Å². The molecule has 1 N–H and O–H groups in total. The van der Waals surface area contributed by atoms with Crippen LogP contribution in [0.1, 0.15) is 31.2 Å². The van der Waals surface area contributed by atoms with Crippen molar-refractivity contribution in [3.05, 3.63) is 23.8 Å². The predicted octanol–water partition coefficient (Wildman–Crippen LogP) is 3.45. The zero-order valence-electron chi connectivity index (χ0n) is 14.5. The zero-order chi connectivity index (χ0) is 16.1. The van der Waals surface area contributed by atoms with Crippen molar-refractivity contribution < 1.29 is 9.47 Å². The van der Waals surface area contributed by atoms with Gasteiger partial charge in [0.25, 0.3) is 0 Å². The van der Waals surface area contributed by atoms with Crippen LogP contribution in [-0.4, -0.2) is 46.1 Å². The van der Waals surface area contributed by atoms with Gasteiger partial charge in [0.05, 0.1) is 13.2 Å². The van der Waals surface area contributed by atoms with E-state index in [2.05, 4.69) is 35.3 Å². The van der Waals surface area contributed by atoms with Gasteiger partial charge in [-0.3, -0.25) is 0 Å². The average Bonchev–Trinajstić information content (AvgIpc) is 2.59. The van der Waals surface area contributed by atoms with E-state index in [1.807, 2.05) is 7.11 Å². The lowest BCUT2D eigenvalue weighted by atomic mass is 9.86. The highest BCUT2D eigenvalue weighted by atomic mass is 16.5. The number of rotatable bonds is 5. The van der Waals surface area contributed by atoms with Gasteiger partial charge in [-0.2, -0.15) is 0 Å². The molecule has 3 rings (SSSR count). The van der Waals surface area contributed by atoms with Gasteiger partial charge in [-0.1, -0.05) is 6.07 Å². The maximum absolute atomic E-state index is 5.46. The Morgan fingerprint density at radius 1 is 1.17 bits per heavy atom. The Morgan fingerprint density at radius 2 is 1.91 bits per heavy atom. The molecule has 0 aromatic heterocycles. The number of methoxy groups -OCH3 is 1. The van der Waals surface area contributed by atoms with Crippen molar-refractivity contribution >= 4 is 11.4 Å². The summed E-state index contributed by atoms with van der Waals surface area (Å²) < 4.78 is 10.8. The third kappa shape index (κ3) is 4.39. The maximum Gasteiger partial charge on any atom is 0.0642 e. The molecule has 2 aliphatic rings. The molecule has 0 spiro atoms. The quantitative estimate of drug-likeness (QED) is 0.901. The topological polar surface area (TPSA) is 33.7 Å². The van der Waals surface area contributed by atoms with Crippen LogP contribution >= 0.6 is 0 Å². The summed E-state index contributed by atoms with van der Waals surface area (Å²) in [5, 5.41) is 3.79. The number of hydrogen-bond donors (Lipinski definition) is 1. The molecule has 1 aromatic rings. The second-order valence-electron chi connectivity index (χ2n) is 6.92. The molecule has 128 valence electrons. The Labute approximate surface area is 140 Å². The van der Waals surface area contributed by atoms with Crippen LogP contribution in [0, 0.1) is 12.8 Å². The first-order valence-electron chi connectivity index (χ1n) is 8.95. The molecule has 4 heteroatoms. The monoisotopic (exact) mass is 318 g/mol. The summed E-state index contributed by atoms with van der Waals surface area (Å²) >= 11 is 0. The predicted molar refractivity (Wildman–Crippen MR) is 95.5 cm³/mol. The Morgan fingerprint density at radius 3 is 2.61 bits per heavy atom. The SMILES string of the molecule is COCC1CCC(Nc2cc(N3CCOCC3)ccc2C)CC1. The lowest BCUT2D eigenvalue weighted by molar-refractivity contribution is 0.122. The van der Waals surface area contributed by atoms with Crippen molar-refractivity contribution in [1.29, 1.82) is 0 Å². The van der Waals surface area contributed by atoms with Crippen LogP contribution in [0.4, 0.5) is 11.4 Å². The van der Waals surface area contributed by atoms with Crippen molar-refractivity contribution in [1.82, 2.24) is 0 Å². The summed E-state index contributed by atoms with van der Waals surface area (Å²) in [6.07, 6.45) is 5.03. The number of nitrogens with zero attached hydrogens (tertiary/aromatic N) is 1. The molecule has 0 unspecified atom stereocenters. The highest BCUT2D eigenvalue weighted by Crippen LogP contribution is 2.30. The number of aryl methyl sites for hydroxylation is 1. The van der Waals surface area contributed by atoms with E-state index < -0.39 is 0 Å². The van der Waals surface area contributed by atoms with Gasteiger partial charge in [-0.05, 0) is 56.2 Å². The first kappa shape index (κ1) is 16.6. The molecule has 0 atom stereocenters.